The highest BCUT2D eigenvalue weighted by Crippen LogP contribution is 2.26. The van der Waals surface area contributed by atoms with Gasteiger partial charge in [-0.25, -0.2) is 4.98 Å². The molecule has 0 aliphatic rings. The Bertz CT molecular complexity index is 478. The highest BCUT2D eigenvalue weighted by atomic mass is 35.5. The van der Waals surface area contributed by atoms with Crippen LogP contribution >= 0.6 is 23.2 Å². The lowest BCUT2D eigenvalue weighted by atomic mass is 10.2. The van der Waals surface area contributed by atoms with Gasteiger partial charge in [-0.2, -0.15) is 0 Å². The lowest BCUT2D eigenvalue weighted by Crippen LogP contribution is -1.81. The van der Waals surface area contributed by atoms with Crippen LogP contribution in [-0.2, 0) is 0 Å². The molecule has 5 heteroatoms. The average Bonchev–Trinajstić information content (AvgIpc) is 2.47. The fourth-order valence-electron chi connectivity index (χ4n) is 1.18. The molecule has 0 unspecified atom stereocenters. The number of aldehydes is 1. The van der Waals surface area contributed by atoms with Crippen molar-refractivity contribution in [3.05, 3.63) is 28.0 Å². The summed E-state index contributed by atoms with van der Waals surface area (Å²) in [5.74, 6) is 0. The van der Waals surface area contributed by atoms with Gasteiger partial charge in [-0.1, -0.05) is 23.2 Å². The Hall–Kier alpha value is -1.06. The first-order valence-corrected chi connectivity index (χ1v) is 4.26. The molecule has 0 amide bonds. The van der Waals surface area contributed by atoms with Gasteiger partial charge < -0.3 is 4.98 Å². The van der Waals surface area contributed by atoms with E-state index in [1.54, 1.807) is 6.20 Å². The molecule has 2 aromatic heterocycles. The van der Waals surface area contributed by atoms with E-state index in [4.69, 9.17) is 23.2 Å². The first kappa shape index (κ1) is 8.53. The van der Waals surface area contributed by atoms with Crippen LogP contribution in [0.4, 0.5) is 0 Å². The van der Waals surface area contributed by atoms with E-state index < -0.39 is 0 Å². The topological polar surface area (TPSA) is 45.8 Å². The summed E-state index contributed by atoms with van der Waals surface area (Å²) in [5, 5.41) is 1.34. The van der Waals surface area contributed by atoms with E-state index in [-0.39, 0.29) is 0 Å². The van der Waals surface area contributed by atoms with Gasteiger partial charge in [0.2, 0.25) is 0 Å². The Morgan fingerprint density at radius 3 is 2.92 bits per heavy atom. The number of carbonyl (C=O) groups is 1. The van der Waals surface area contributed by atoms with E-state index in [0.717, 1.165) is 6.29 Å². The first-order valence-electron chi connectivity index (χ1n) is 3.50. The summed E-state index contributed by atoms with van der Waals surface area (Å²) in [6.45, 7) is 0. The van der Waals surface area contributed by atoms with Crippen molar-refractivity contribution in [2.75, 3.05) is 0 Å². The quantitative estimate of drug-likeness (QED) is 0.587. The molecule has 0 saturated heterocycles. The Kier molecular flexibility index (Phi) is 1.98. The maximum absolute atomic E-state index is 10.6. The van der Waals surface area contributed by atoms with Crippen LogP contribution in [0.1, 0.15) is 10.4 Å². The standard InChI is InChI=1S/C8H4Cl2N2O/c9-5-1-6(10)12-8-7(5)4(3-13)2-11-8/h1-3H,(H,11,12). The van der Waals surface area contributed by atoms with Crippen LogP contribution < -0.4 is 0 Å². The summed E-state index contributed by atoms with van der Waals surface area (Å²) in [4.78, 5) is 17.4. The van der Waals surface area contributed by atoms with E-state index in [1.807, 2.05) is 0 Å². The zero-order valence-electron chi connectivity index (χ0n) is 6.34. The van der Waals surface area contributed by atoms with Gasteiger partial charge in [-0.05, 0) is 6.07 Å². The maximum Gasteiger partial charge on any atom is 0.152 e. The summed E-state index contributed by atoms with van der Waals surface area (Å²) in [6, 6.07) is 1.51. The van der Waals surface area contributed by atoms with Crippen molar-refractivity contribution in [2.45, 2.75) is 0 Å². The Morgan fingerprint density at radius 1 is 1.46 bits per heavy atom. The highest BCUT2D eigenvalue weighted by molar-refractivity contribution is 6.38. The molecule has 2 rings (SSSR count). The van der Waals surface area contributed by atoms with Crippen molar-refractivity contribution >= 4 is 40.5 Å². The van der Waals surface area contributed by atoms with Crippen LogP contribution in [0.2, 0.25) is 10.2 Å². The number of pyridine rings is 1. The van der Waals surface area contributed by atoms with Gasteiger partial charge in [0.05, 0.1) is 5.02 Å². The van der Waals surface area contributed by atoms with Gasteiger partial charge >= 0.3 is 0 Å². The van der Waals surface area contributed by atoms with Crippen molar-refractivity contribution < 1.29 is 4.79 Å². The molecule has 0 aliphatic heterocycles. The van der Waals surface area contributed by atoms with Gasteiger partial charge in [0.15, 0.2) is 6.29 Å². The summed E-state index contributed by atoms with van der Waals surface area (Å²) in [5.41, 5.74) is 1.02. The fourth-order valence-corrected chi connectivity index (χ4v) is 1.73. The molecule has 0 saturated carbocycles. The average molecular weight is 215 g/mol. The molecule has 0 bridgehead atoms. The van der Waals surface area contributed by atoms with Crippen LogP contribution in [0.15, 0.2) is 12.3 Å². The number of aromatic amines is 1. The molecule has 66 valence electrons. The zero-order chi connectivity index (χ0) is 9.42. The minimum Gasteiger partial charge on any atom is -0.345 e. The van der Waals surface area contributed by atoms with Gasteiger partial charge in [-0.15, -0.1) is 0 Å². The second kappa shape index (κ2) is 3.01. The van der Waals surface area contributed by atoms with Crippen molar-refractivity contribution in [2.24, 2.45) is 0 Å². The molecule has 1 N–H and O–H groups in total. The third-order valence-corrected chi connectivity index (χ3v) is 2.21. The van der Waals surface area contributed by atoms with Crippen LogP contribution in [0.3, 0.4) is 0 Å². The molecule has 0 radical (unpaired) electrons. The van der Waals surface area contributed by atoms with E-state index in [1.165, 1.54) is 6.07 Å². The number of hydrogen-bond donors (Lipinski definition) is 1. The van der Waals surface area contributed by atoms with Gasteiger partial charge in [-0.3, -0.25) is 4.79 Å². The molecule has 2 aromatic rings. The molecular weight excluding hydrogens is 211 g/mol. The SMILES string of the molecule is O=Cc1c[nH]c2nc(Cl)cc(Cl)c12. The van der Waals surface area contributed by atoms with Gasteiger partial charge in [0.25, 0.3) is 0 Å². The van der Waals surface area contributed by atoms with Gasteiger partial charge in [0.1, 0.15) is 10.8 Å². The Morgan fingerprint density at radius 2 is 2.23 bits per heavy atom. The molecule has 3 nitrogen and oxygen atoms in total. The van der Waals surface area contributed by atoms with Gasteiger partial charge in [0, 0.05) is 17.1 Å². The Balaban J connectivity index is 2.89. The van der Waals surface area contributed by atoms with Crippen molar-refractivity contribution in [3.8, 4) is 0 Å². The number of rotatable bonds is 1. The number of nitrogens with one attached hydrogen (secondary N) is 1. The summed E-state index contributed by atoms with van der Waals surface area (Å²) < 4.78 is 0. The molecule has 2 heterocycles. The van der Waals surface area contributed by atoms with Crippen LogP contribution in [0.25, 0.3) is 11.0 Å². The second-order valence-electron chi connectivity index (χ2n) is 2.51. The summed E-state index contributed by atoms with van der Waals surface area (Å²) in [7, 11) is 0. The predicted molar refractivity (Wildman–Crippen MR) is 51.5 cm³/mol. The van der Waals surface area contributed by atoms with E-state index in [2.05, 4.69) is 9.97 Å². The van der Waals surface area contributed by atoms with Crippen LogP contribution in [0.5, 0.6) is 0 Å². The molecule has 0 atom stereocenters. The predicted octanol–water partition coefficient (Wildman–Crippen LogP) is 2.68. The highest BCUT2D eigenvalue weighted by Gasteiger charge is 2.08. The largest absolute Gasteiger partial charge is 0.345 e. The minimum absolute atomic E-state index is 0.303. The first-order chi connectivity index (χ1) is 6.22. The lowest BCUT2D eigenvalue weighted by Gasteiger charge is -1.95. The molecular formula is C8H4Cl2N2O. The van der Waals surface area contributed by atoms with Crippen LogP contribution in [-0.4, -0.2) is 16.3 Å². The number of H-pyrrole nitrogens is 1. The number of fused-ring (bicyclic) bond motifs is 1. The number of hydrogen-bond acceptors (Lipinski definition) is 2. The van der Waals surface area contributed by atoms with E-state index in [0.29, 0.717) is 26.8 Å². The van der Waals surface area contributed by atoms with Crippen LogP contribution in [0, 0.1) is 0 Å². The zero-order valence-corrected chi connectivity index (χ0v) is 7.86. The smallest absolute Gasteiger partial charge is 0.152 e. The molecule has 0 aromatic carbocycles. The molecule has 0 aliphatic carbocycles. The lowest BCUT2D eigenvalue weighted by molar-refractivity contribution is 0.112. The summed E-state index contributed by atoms with van der Waals surface area (Å²) >= 11 is 11.6. The number of aromatic nitrogens is 2. The number of halogens is 2. The monoisotopic (exact) mass is 214 g/mol. The third-order valence-electron chi connectivity index (χ3n) is 1.72. The second-order valence-corrected chi connectivity index (χ2v) is 3.31. The Labute approximate surface area is 83.7 Å². The summed E-state index contributed by atoms with van der Waals surface area (Å²) in [6.07, 6.45) is 2.27. The number of carbonyl (C=O) groups excluding carboxylic acids is 1. The minimum atomic E-state index is 0.303. The van der Waals surface area contributed by atoms with Crippen molar-refractivity contribution in [1.82, 2.24) is 9.97 Å². The molecule has 0 spiro atoms. The van der Waals surface area contributed by atoms with E-state index >= 15 is 0 Å². The normalized spacial score (nSPS) is 10.6. The number of nitrogens with zero attached hydrogens (tertiary/aromatic N) is 1. The molecule has 0 fully saturated rings. The maximum atomic E-state index is 10.6. The molecule has 13 heavy (non-hydrogen) atoms. The third kappa shape index (κ3) is 1.30. The van der Waals surface area contributed by atoms with Crippen molar-refractivity contribution in [1.29, 1.82) is 0 Å². The fraction of sp³-hybridized carbons (Fsp3) is 0. The van der Waals surface area contributed by atoms with Crippen molar-refractivity contribution in [3.63, 3.8) is 0 Å². The van der Waals surface area contributed by atoms with E-state index in [9.17, 15) is 4.79 Å².